The van der Waals surface area contributed by atoms with Crippen LogP contribution in [0.15, 0.2) is 11.4 Å². The number of rotatable bonds is 8. The first kappa shape index (κ1) is 20.3. The molecule has 142 valence electrons. The van der Waals surface area contributed by atoms with Gasteiger partial charge >= 0.3 is 5.97 Å². The summed E-state index contributed by atoms with van der Waals surface area (Å²) in [6.45, 7) is 4.09. The first-order valence-corrected chi connectivity index (χ1v) is 9.59. The topological polar surface area (TPSA) is 73.7 Å². The number of carbonyl (C=O) groups is 2. The second-order valence-electron chi connectivity index (χ2n) is 5.37. The molecule has 0 spiro atoms. The molecule has 0 bridgehead atoms. The molecule has 2 heterocycles. The van der Waals surface area contributed by atoms with Gasteiger partial charge in [-0.1, -0.05) is 6.92 Å². The van der Waals surface area contributed by atoms with Gasteiger partial charge in [0.15, 0.2) is 0 Å². The molecule has 0 aromatic carbocycles. The summed E-state index contributed by atoms with van der Waals surface area (Å²) in [6, 6.07) is 1.83. The van der Waals surface area contributed by atoms with Crippen LogP contribution in [0.5, 0.6) is 5.75 Å². The van der Waals surface area contributed by atoms with Crippen LogP contribution in [0.3, 0.4) is 0 Å². The Morgan fingerprint density at radius 2 is 2.12 bits per heavy atom. The highest BCUT2D eigenvalue weighted by atomic mass is 35.5. The highest BCUT2D eigenvalue weighted by molar-refractivity contribution is 7.10. The van der Waals surface area contributed by atoms with Crippen molar-refractivity contribution in [3.05, 3.63) is 27.6 Å². The van der Waals surface area contributed by atoms with Crippen LogP contribution in [0.4, 0.5) is 5.82 Å². The fourth-order valence-corrected chi connectivity index (χ4v) is 3.63. The van der Waals surface area contributed by atoms with E-state index in [1.165, 1.54) is 20.9 Å². The largest absolute Gasteiger partial charge is 0.496 e. The molecule has 0 aliphatic rings. The molecule has 1 amide bonds. The number of hydrogen-bond donors (Lipinski definition) is 0. The van der Waals surface area contributed by atoms with Crippen LogP contribution in [-0.4, -0.2) is 41.3 Å². The third-order valence-electron chi connectivity index (χ3n) is 3.80. The van der Waals surface area contributed by atoms with Gasteiger partial charge in [-0.3, -0.25) is 14.4 Å². The van der Waals surface area contributed by atoms with Gasteiger partial charge in [-0.2, -0.15) is 5.10 Å². The zero-order chi connectivity index (χ0) is 19.3. The first-order chi connectivity index (χ1) is 12.5. The summed E-state index contributed by atoms with van der Waals surface area (Å²) in [5.74, 6) is -0.00147. The molecular formula is C17H22ClN3O4S. The van der Waals surface area contributed by atoms with Gasteiger partial charge in [0.1, 0.15) is 23.0 Å². The molecule has 0 fully saturated rings. The Hall–Kier alpha value is -2.06. The molecule has 0 saturated carbocycles. The lowest BCUT2D eigenvalue weighted by molar-refractivity contribution is -0.116. The maximum atomic E-state index is 12.6. The summed E-state index contributed by atoms with van der Waals surface area (Å²) >= 11 is 7.29. The number of esters is 1. The van der Waals surface area contributed by atoms with E-state index in [4.69, 9.17) is 21.1 Å². The number of aryl methyl sites for hydroxylation is 2. The minimum Gasteiger partial charge on any atom is -0.496 e. The van der Waals surface area contributed by atoms with Crippen LogP contribution in [0, 0.1) is 0 Å². The summed E-state index contributed by atoms with van der Waals surface area (Å²) < 4.78 is 12.0. The van der Waals surface area contributed by atoms with Crippen molar-refractivity contribution in [2.45, 2.75) is 26.8 Å². The third kappa shape index (κ3) is 4.02. The van der Waals surface area contributed by atoms with E-state index in [9.17, 15) is 9.59 Å². The van der Waals surface area contributed by atoms with Gasteiger partial charge < -0.3 is 9.47 Å². The molecule has 0 atom stereocenters. The van der Waals surface area contributed by atoms with E-state index in [2.05, 4.69) is 5.10 Å². The van der Waals surface area contributed by atoms with E-state index < -0.39 is 5.97 Å². The van der Waals surface area contributed by atoms with E-state index in [0.29, 0.717) is 29.2 Å². The SMILES string of the molecule is CCOC(=O)c1c(CC)nn(C)c1N(Cc1sccc1OC)C(=O)CCl. The van der Waals surface area contributed by atoms with Crippen LogP contribution in [-0.2, 0) is 29.5 Å². The predicted molar refractivity (Wildman–Crippen MR) is 101 cm³/mol. The Morgan fingerprint density at radius 3 is 2.69 bits per heavy atom. The number of ether oxygens (including phenoxy) is 2. The number of carbonyl (C=O) groups excluding carboxylic acids is 2. The fourth-order valence-electron chi connectivity index (χ4n) is 2.66. The quantitative estimate of drug-likeness (QED) is 0.504. The molecule has 2 rings (SSSR count). The van der Waals surface area contributed by atoms with Gasteiger partial charge in [-0.25, -0.2) is 4.79 Å². The fraction of sp³-hybridized carbons (Fsp3) is 0.471. The van der Waals surface area contributed by atoms with Gasteiger partial charge in [0, 0.05) is 7.05 Å². The van der Waals surface area contributed by atoms with Crippen LogP contribution >= 0.6 is 22.9 Å². The van der Waals surface area contributed by atoms with E-state index >= 15 is 0 Å². The minimum absolute atomic E-state index is 0.220. The van der Waals surface area contributed by atoms with Gasteiger partial charge in [0.25, 0.3) is 0 Å². The molecule has 9 heteroatoms. The highest BCUT2D eigenvalue weighted by Gasteiger charge is 2.30. The van der Waals surface area contributed by atoms with Gasteiger partial charge in [0.2, 0.25) is 5.91 Å². The maximum Gasteiger partial charge on any atom is 0.343 e. The van der Waals surface area contributed by atoms with Crippen LogP contribution in [0.1, 0.15) is 34.8 Å². The lowest BCUT2D eigenvalue weighted by atomic mass is 10.1. The summed E-state index contributed by atoms with van der Waals surface area (Å²) in [5, 5.41) is 6.27. The zero-order valence-corrected chi connectivity index (χ0v) is 16.8. The first-order valence-electron chi connectivity index (χ1n) is 8.18. The van der Waals surface area contributed by atoms with Gasteiger partial charge in [-0.15, -0.1) is 22.9 Å². The van der Waals surface area contributed by atoms with Crippen molar-refractivity contribution in [1.82, 2.24) is 9.78 Å². The van der Waals surface area contributed by atoms with Gasteiger partial charge in [0.05, 0.1) is 30.8 Å². The van der Waals surface area contributed by atoms with Crippen LogP contribution in [0.2, 0.25) is 0 Å². The van der Waals surface area contributed by atoms with Crippen LogP contribution in [0.25, 0.3) is 0 Å². The molecule has 2 aromatic rings. The smallest absolute Gasteiger partial charge is 0.343 e. The summed E-state index contributed by atoms with van der Waals surface area (Å²) in [4.78, 5) is 27.4. The Balaban J connectivity index is 2.56. The summed E-state index contributed by atoms with van der Waals surface area (Å²) in [5.41, 5.74) is 0.873. The molecular weight excluding hydrogens is 378 g/mol. The lowest BCUT2D eigenvalue weighted by Gasteiger charge is -2.23. The average molecular weight is 400 g/mol. The number of alkyl halides is 1. The van der Waals surface area contributed by atoms with Crippen molar-refractivity contribution in [1.29, 1.82) is 0 Å². The Labute approximate surface area is 161 Å². The Morgan fingerprint density at radius 1 is 1.38 bits per heavy atom. The molecule has 0 unspecified atom stereocenters. The summed E-state index contributed by atoms with van der Waals surface area (Å²) in [7, 11) is 3.26. The number of thiophene rings is 1. The average Bonchev–Trinajstić information content (AvgIpc) is 3.22. The molecule has 26 heavy (non-hydrogen) atoms. The van der Waals surface area contributed by atoms with Crippen molar-refractivity contribution < 1.29 is 19.1 Å². The van der Waals surface area contributed by atoms with Crippen molar-refractivity contribution in [3.63, 3.8) is 0 Å². The highest BCUT2D eigenvalue weighted by Crippen LogP contribution is 2.31. The number of nitrogens with zero attached hydrogens (tertiary/aromatic N) is 3. The van der Waals surface area contributed by atoms with E-state index in [-0.39, 0.29) is 24.9 Å². The number of halogens is 1. The normalized spacial score (nSPS) is 10.7. The monoisotopic (exact) mass is 399 g/mol. The third-order valence-corrected chi connectivity index (χ3v) is 4.92. The van der Waals surface area contributed by atoms with Gasteiger partial charge in [-0.05, 0) is 24.8 Å². The van der Waals surface area contributed by atoms with E-state index in [1.54, 1.807) is 21.1 Å². The molecule has 0 aliphatic carbocycles. The zero-order valence-electron chi connectivity index (χ0n) is 15.2. The molecule has 0 saturated heterocycles. The summed E-state index contributed by atoms with van der Waals surface area (Å²) in [6.07, 6.45) is 0.535. The molecule has 0 radical (unpaired) electrons. The second-order valence-corrected chi connectivity index (χ2v) is 6.64. The number of anilines is 1. The van der Waals surface area contributed by atoms with E-state index in [1.807, 2.05) is 18.4 Å². The molecule has 2 aromatic heterocycles. The second kappa shape index (κ2) is 9.05. The van der Waals surface area contributed by atoms with Crippen molar-refractivity contribution >= 4 is 40.6 Å². The van der Waals surface area contributed by atoms with Crippen LogP contribution < -0.4 is 9.64 Å². The predicted octanol–water partition coefficient (Wildman–Crippen LogP) is 3.00. The number of amides is 1. The van der Waals surface area contributed by atoms with Crippen molar-refractivity contribution in [2.24, 2.45) is 7.05 Å². The van der Waals surface area contributed by atoms with Crippen molar-refractivity contribution in [2.75, 3.05) is 24.5 Å². The van der Waals surface area contributed by atoms with Crippen molar-refractivity contribution in [3.8, 4) is 5.75 Å². The molecule has 7 nitrogen and oxygen atoms in total. The Kier molecular flexibility index (Phi) is 7.05. The number of hydrogen-bond acceptors (Lipinski definition) is 6. The standard InChI is InChI=1S/C17H22ClN3O4S/c1-5-11-15(17(23)25-6-2)16(20(3)19-11)21(14(22)9-18)10-13-12(24-4)7-8-26-13/h7-8H,5-6,9-10H2,1-4H3. The molecule has 0 aliphatic heterocycles. The molecule has 0 N–H and O–H groups in total. The maximum absolute atomic E-state index is 12.6. The lowest BCUT2D eigenvalue weighted by Crippen LogP contribution is -2.34. The number of methoxy groups -OCH3 is 1. The Bertz CT molecular complexity index is 787. The number of aromatic nitrogens is 2. The van der Waals surface area contributed by atoms with E-state index in [0.717, 1.165) is 4.88 Å². The minimum atomic E-state index is -0.502.